The van der Waals surface area contributed by atoms with Gasteiger partial charge in [0, 0.05) is 25.0 Å². The van der Waals surface area contributed by atoms with Gasteiger partial charge < -0.3 is 5.73 Å². The van der Waals surface area contributed by atoms with E-state index in [4.69, 9.17) is 5.73 Å². The van der Waals surface area contributed by atoms with Gasteiger partial charge in [0.15, 0.2) is 0 Å². The highest BCUT2D eigenvalue weighted by Gasteiger charge is 2.00. The Kier molecular flexibility index (Phi) is 4.13. The maximum absolute atomic E-state index is 5.73. The van der Waals surface area contributed by atoms with Crippen LogP contribution in [0.1, 0.15) is 12.6 Å². The zero-order valence-corrected chi connectivity index (χ0v) is 8.77. The molecule has 76 valence electrons. The van der Waals surface area contributed by atoms with Crippen molar-refractivity contribution in [1.82, 2.24) is 9.88 Å². The van der Waals surface area contributed by atoms with E-state index in [1.807, 2.05) is 44.4 Å². The van der Waals surface area contributed by atoms with Crippen LogP contribution < -0.4 is 5.73 Å². The van der Waals surface area contributed by atoms with Crippen molar-refractivity contribution in [1.29, 1.82) is 0 Å². The van der Waals surface area contributed by atoms with Crippen molar-refractivity contribution in [2.45, 2.75) is 13.5 Å². The van der Waals surface area contributed by atoms with Crippen molar-refractivity contribution in [2.24, 2.45) is 5.73 Å². The largest absolute Gasteiger partial charge is 0.401 e. The number of likely N-dealkylation sites (N-methyl/N-ethyl adjacent to an activating group) is 1. The fourth-order valence-corrected chi connectivity index (χ4v) is 1.23. The Morgan fingerprint density at radius 1 is 1.57 bits per heavy atom. The van der Waals surface area contributed by atoms with E-state index in [-0.39, 0.29) is 0 Å². The summed E-state index contributed by atoms with van der Waals surface area (Å²) in [5, 5.41) is 0. The standard InChI is InChI=1S/C11H17N3/c1-3-10(12)8-14(2)9-11-6-4-5-7-13-11/h3-7H,8-9,12H2,1-2H3/b10-3-. The predicted molar refractivity (Wildman–Crippen MR) is 58.5 cm³/mol. The Bertz CT molecular complexity index is 293. The topological polar surface area (TPSA) is 42.1 Å². The van der Waals surface area contributed by atoms with Gasteiger partial charge in [-0.1, -0.05) is 12.1 Å². The minimum absolute atomic E-state index is 0.785. The molecule has 1 rings (SSSR count). The lowest BCUT2D eigenvalue weighted by molar-refractivity contribution is 0.349. The number of hydrogen-bond donors (Lipinski definition) is 1. The Hall–Kier alpha value is -1.35. The highest BCUT2D eigenvalue weighted by Crippen LogP contribution is 1.99. The molecule has 3 nitrogen and oxygen atoms in total. The Morgan fingerprint density at radius 3 is 2.93 bits per heavy atom. The lowest BCUT2D eigenvalue weighted by Crippen LogP contribution is -2.23. The fourth-order valence-electron chi connectivity index (χ4n) is 1.23. The first-order valence-corrected chi connectivity index (χ1v) is 4.71. The molecule has 0 aliphatic carbocycles. The van der Waals surface area contributed by atoms with Crippen LogP contribution in [-0.2, 0) is 6.54 Å². The number of hydrogen-bond acceptors (Lipinski definition) is 3. The molecule has 0 aromatic carbocycles. The van der Waals surface area contributed by atoms with Gasteiger partial charge in [-0.05, 0) is 26.1 Å². The molecule has 1 aromatic rings. The van der Waals surface area contributed by atoms with Gasteiger partial charge in [0.2, 0.25) is 0 Å². The van der Waals surface area contributed by atoms with Crippen LogP contribution in [0.2, 0.25) is 0 Å². The Morgan fingerprint density at radius 2 is 2.36 bits per heavy atom. The number of nitrogens with zero attached hydrogens (tertiary/aromatic N) is 2. The molecule has 1 aromatic heterocycles. The molecule has 0 aliphatic heterocycles. The molecular formula is C11H17N3. The molecule has 0 radical (unpaired) electrons. The van der Waals surface area contributed by atoms with Gasteiger partial charge in [-0.3, -0.25) is 9.88 Å². The first-order chi connectivity index (χ1) is 6.72. The highest BCUT2D eigenvalue weighted by atomic mass is 15.1. The summed E-state index contributed by atoms with van der Waals surface area (Å²) < 4.78 is 0. The molecule has 3 heteroatoms. The molecule has 0 bridgehead atoms. The second-order valence-electron chi connectivity index (χ2n) is 3.36. The minimum Gasteiger partial charge on any atom is -0.401 e. The second kappa shape index (κ2) is 5.40. The van der Waals surface area contributed by atoms with Crippen LogP contribution in [-0.4, -0.2) is 23.5 Å². The molecule has 1 heterocycles. The molecule has 0 saturated carbocycles. The first-order valence-electron chi connectivity index (χ1n) is 4.71. The highest BCUT2D eigenvalue weighted by molar-refractivity contribution is 5.04. The monoisotopic (exact) mass is 191 g/mol. The van der Waals surface area contributed by atoms with Crippen molar-refractivity contribution < 1.29 is 0 Å². The molecule has 0 saturated heterocycles. The third-order valence-corrected chi connectivity index (χ3v) is 1.98. The van der Waals surface area contributed by atoms with E-state index in [1.54, 1.807) is 0 Å². The van der Waals surface area contributed by atoms with Crippen LogP contribution in [0, 0.1) is 0 Å². The number of aromatic nitrogens is 1. The Balaban J connectivity index is 2.45. The molecule has 14 heavy (non-hydrogen) atoms. The summed E-state index contributed by atoms with van der Waals surface area (Å²) in [5.41, 5.74) is 7.69. The number of pyridine rings is 1. The summed E-state index contributed by atoms with van der Waals surface area (Å²) in [4.78, 5) is 6.39. The van der Waals surface area contributed by atoms with Crippen LogP contribution in [0.5, 0.6) is 0 Å². The van der Waals surface area contributed by atoms with Crippen molar-refractivity contribution >= 4 is 0 Å². The van der Waals surface area contributed by atoms with Gasteiger partial charge in [-0.15, -0.1) is 0 Å². The van der Waals surface area contributed by atoms with E-state index in [9.17, 15) is 0 Å². The van der Waals surface area contributed by atoms with Crippen LogP contribution in [0.4, 0.5) is 0 Å². The van der Waals surface area contributed by atoms with Crippen LogP contribution in [0.25, 0.3) is 0 Å². The fraction of sp³-hybridized carbons (Fsp3) is 0.364. The van der Waals surface area contributed by atoms with E-state index in [1.165, 1.54) is 0 Å². The van der Waals surface area contributed by atoms with E-state index in [0.717, 1.165) is 24.5 Å². The molecule has 0 aliphatic rings. The van der Waals surface area contributed by atoms with Crippen LogP contribution >= 0.6 is 0 Å². The van der Waals surface area contributed by atoms with E-state index < -0.39 is 0 Å². The molecule has 0 atom stereocenters. The average molecular weight is 191 g/mol. The van der Waals surface area contributed by atoms with Crippen LogP contribution in [0.15, 0.2) is 36.2 Å². The second-order valence-corrected chi connectivity index (χ2v) is 3.36. The molecule has 0 amide bonds. The van der Waals surface area contributed by atoms with Gasteiger partial charge in [-0.25, -0.2) is 0 Å². The van der Waals surface area contributed by atoms with Crippen molar-refractivity contribution in [3.63, 3.8) is 0 Å². The number of rotatable bonds is 4. The summed E-state index contributed by atoms with van der Waals surface area (Å²) in [6, 6.07) is 5.93. The molecule has 2 N–H and O–H groups in total. The van der Waals surface area contributed by atoms with E-state index in [0.29, 0.717) is 0 Å². The van der Waals surface area contributed by atoms with Gasteiger partial charge in [0.05, 0.1) is 5.69 Å². The zero-order valence-electron chi connectivity index (χ0n) is 8.77. The van der Waals surface area contributed by atoms with Gasteiger partial charge in [-0.2, -0.15) is 0 Å². The lowest BCUT2D eigenvalue weighted by Gasteiger charge is -2.15. The van der Waals surface area contributed by atoms with Gasteiger partial charge in [0.1, 0.15) is 0 Å². The van der Waals surface area contributed by atoms with Crippen molar-refractivity contribution in [3.8, 4) is 0 Å². The van der Waals surface area contributed by atoms with E-state index in [2.05, 4.69) is 9.88 Å². The summed E-state index contributed by atoms with van der Waals surface area (Å²) in [6.07, 6.45) is 3.73. The summed E-state index contributed by atoms with van der Waals surface area (Å²) in [7, 11) is 2.03. The normalized spacial score (nSPS) is 12.1. The van der Waals surface area contributed by atoms with E-state index >= 15 is 0 Å². The molecule has 0 unspecified atom stereocenters. The zero-order chi connectivity index (χ0) is 10.4. The molecule has 0 spiro atoms. The quantitative estimate of drug-likeness (QED) is 0.781. The van der Waals surface area contributed by atoms with Gasteiger partial charge in [0.25, 0.3) is 0 Å². The maximum Gasteiger partial charge on any atom is 0.0543 e. The molecular weight excluding hydrogens is 174 g/mol. The molecule has 0 fully saturated rings. The third-order valence-electron chi connectivity index (χ3n) is 1.98. The van der Waals surface area contributed by atoms with Gasteiger partial charge >= 0.3 is 0 Å². The maximum atomic E-state index is 5.73. The SMILES string of the molecule is C/C=C(\N)CN(C)Cc1ccccn1. The van der Waals surface area contributed by atoms with Crippen LogP contribution in [0.3, 0.4) is 0 Å². The predicted octanol–water partition coefficient (Wildman–Crippen LogP) is 1.38. The first kappa shape index (κ1) is 10.7. The lowest BCUT2D eigenvalue weighted by atomic mass is 10.3. The van der Waals surface area contributed by atoms with Crippen molar-refractivity contribution in [2.75, 3.05) is 13.6 Å². The summed E-state index contributed by atoms with van der Waals surface area (Å²) in [5.74, 6) is 0. The third kappa shape index (κ3) is 3.58. The minimum atomic E-state index is 0.785. The van der Waals surface area contributed by atoms with Crippen molar-refractivity contribution in [3.05, 3.63) is 41.9 Å². The number of allylic oxidation sites excluding steroid dienone is 1. The smallest absolute Gasteiger partial charge is 0.0543 e. The Labute approximate surface area is 85.3 Å². The summed E-state index contributed by atoms with van der Waals surface area (Å²) in [6.45, 7) is 3.56. The number of nitrogens with two attached hydrogens (primary N) is 1. The summed E-state index contributed by atoms with van der Waals surface area (Å²) >= 11 is 0. The average Bonchev–Trinajstić information content (AvgIpc) is 2.19.